The van der Waals surface area contributed by atoms with Gasteiger partial charge < -0.3 is 10.1 Å². The van der Waals surface area contributed by atoms with E-state index in [-0.39, 0.29) is 42.1 Å². The lowest BCUT2D eigenvalue weighted by atomic mass is 9.63. The predicted octanol–water partition coefficient (Wildman–Crippen LogP) is 2.24. The molecule has 0 unspecified atom stereocenters. The molecule has 0 spiro atoms. The number of hydrogen-bond donors (Lipinski definition) is 1. The van der Waals surface area contributed by atoms with Crippen molar-refractivity contribution in [2.75, 3.05) is 11.9 Å². The Balaban J connectivity index is 1.29. The molecule has 5 aliphatic rings. The minimum absolute atomic E-state index is 0.136. The number of hydrogen-bond acceptors (Lipinski definition) is 5. The molecule has 1 heterocycles. The Kier molecular flexibility index (Phi) is 4.31. The Morgan fingerprint density at radius 1 is 1.07 bits per heavy atom. The molecular weight excluding hydrogens is 384 g/mol. The molecule has 156 valence electrons. The summed E-state index contributed by atoms with van der Waals surface area (Å²) in [6.07, 6.45) is 5.34. The lowest BCUT2D eigenvalue weighted by molar-refractivity contribution is -0.146. The molecule has 1 saturated heterocycles. The number of carbonyl (C=O) groups is 4. The fraction of sp³-hybridized carbons (Fsp3) is 0.478. The highest BCUT2D eigenvalue weighted by atomic mass is 16.5. The van der Waals surface area contributed by atoms with Crippen LogP contribution in [0.15, 0.2) is 36.4 Å². The molecule has 1 N–H and O–H groups in total. The van der Waals surface area contributed by atoms with Crippen molar-refractivity contribution in [3.05, 3.63) is 42.0 Å². The second-order valence-corrected chi connectivity index (χ2v) is 8.66. The van der Waals surface area contributed by atoms with Crippen LogP contribution < -0.4 is 5.32 Å². The van der Waals surface area contributed by atoms with Crippen LogP contribution in [-0.2, 0) is 19.1 Å². The average Bonchev–Trinajstić information content (AvgIpc) is 3.52. The minimum atomic E-state index is -0.893. The lowest BCUT2D eigenvalue weighted by Crippen LogP contribution is -2.46. The van der Waals surface area contributed by atoms with Gasteiger partial charge in [0.1, 0.15) is 6.04 Å². The number of anilines is 1. The van der Waals surface area contributed by atoms with Crippen LogP contribution in [0.4, 0.5) is 5.69 Å². The van der Waals surface area contributed by atoms with E-state index in [1.807, 2.05) is 0 Å². The maximum atomic E-state index is 13.1. The summed E-state index contributed by atoms with van der Waals surface area (Å²) in [6.45, 7) is 3.61. The zero-order valence-corrected chi connectivity index (χ0v) is 16.9. The van der Waals surface area contributed by atoms with Crippen molar-refractivity contribution in [2.45, 2.75) is 26.3 Å². The van der Waals surface area contributed by atoms with E-state index >= 15 is 0 Å². The van der Waals surface area contributed by atoms with Gasteiger partial charge in [-0.25, -0.2) is 4.79 Å². The van der Waals surface area contributed by atoms with Gasteiger partial charge in [0.15, 0.2) is 0 Å². The summed E-state index contributed by atoms with van der Waals surface area (Å²) in [5, 5.41) is 2.74. The van der Waals surface area contributed by atoms with Crippen molar-refractivity contribution < 1.29 is 23.9 Å². The van der Waals surface area contributed by atoms with Crippen molar-refractivity contribution in [3.63, 3.8) is 0 Å². The average molecular weight is 408 g/mol. The standard InChI is InChI=1S/C23H24N2O5/c1-3-30-23(29)12-4-6-13(7-5-12)24-20(26)11(2)25-21(27)18-14-8-9-15(17-10-16(14)17)19(18)22(25)28/h4-9,11,14-19H,3,10H2,1-2H3,(H,24,26)/t11-,14+,15+,16+,17+,18-,19+/m0/s1. The zero-order chi connectivity index (χ0) is 21.2. The molecule has 3 fully saturated rings. The van der Waals surface area contributed by atoms with Gasteiger partial charge in [0.2, 0.25) is 17.7 Å². The first-order chi connectivity index (χ1) is 14.4. The predicted molar refractivity (Wildman–Crippen MR) is 107 cm³/mol. The summed E-state index contributed by atoms with van der Waals surface area (Å²) in [6, 6.07) is 5.43. The van der Waals surface area contributed by atoms with E-state index in [2.05, 4.69) is 17.5 Å². The van der Waals surface area contributed by atoms with Gasteiger partial charge in [-0.05, 0) is 68.2 Å². The lowest BCUT2D eigenvalue weighted by Gasteiger charge is -2.37. The van der Waals surface area contributed by atoms with Crippen molar-refractivity contribution in [1.82, 2.24) is 4.90 Å². The van der Waals surface area contributed by atoms with Crippen LogP contribution in [0.1, 0.15) is 30.6 Å². The third-order valence-corrected chi connectivity index (χ3v) is 7.13. The minimum Gasteiger partial charge on any atom is -0.462 e. The van der Waals surface area contributed by atoms with E-state index in [4.69, 9.17) is 4.74 Å². The second-order valence-electron chi connectivity index (χ2n) is 8.66. The topological polar surface area (TPSA) is 92.8 Å². The van der Waals surface area contributed by atoms with Crippen LogP contribution in [-0.4, -0.2) is 41.2 Å². The van der Waals surface area contributed by atoms with E-state index in [0.29, 0.717) is 23.1 Å². The molecule has 0 radical (unpaired) electrons. The number of carbonyl (C=O) groups excluding carboxylic acids is 4. The summed E-state index contributed by atoms with van der Waals surface area (Å²) < 4.78 is 4.94. The van der Waals surface area contributed by atoms with Gasteiger partial charge in [-0.2, -0.15) is 0 Å². The first-order valence-electron chi connectivity index (χ1n) is 10.6. The molecule has 6 rings (SSSR count). The largest absolute Gasteiger partial charge is 0.462 e. The second kappa shape index (κ2) is 6.79. The van der Waals surface area contributed by atoms with Crippen LogP contribution in [0.2, 0.25) is 0 Å². The quantitative estimate of drug-likeness (QED) is 0.458. The molecule has 4 aliphatic carbocycles. The number of benzene rings is 1. The summed E-state index contributed by atoms with van der Waals surface area (Å²) in [5.41, 5.74) is 0.873. The molecule has 7 nitrogen and oxygen atoms in total. The molecule has 1 aliphatic heterocycles. The van der Waals surface area contributed by atoms with Gasteiger partial charge in [-0.3, -0.25) is 19.3 Å². The van der Waals surface area contributed by atoms with Crippen molar-refractivity contribution in [1.29, 1.82) is 0 Å². The number of nitrogens with zero attached hydrogens (tertiary/aromatic N) is 1. The smallest absolute Gasteiger partial charge is 0.338 e. The molecule has 7 atom stereocenters. The molecule has 30 heavy (non-hydrogen) atoms. The highest BCUT2D eigenvalue weighted by Gasteiger charge is 2.67. The van der Waals surface area contributed by atoms with E-state index in [9.17, 15) is 19.2 Å². The van der Waals surface area contributed by atoms with E-state index in [1.54, 1.807) is 38.1 Å². The van der Waals surface area contributed by atoms with Gasteiger partial charge in [-0.15, -0.1) is 0 Å². The molecule has 1 aromatic carbocycles. The Morgan fingerprint density at radius 2 is 1.63 bits per heavy atom. The molecule has 0 aromatic heterocycles. The molecule has 1 aromatic rings. The molecule has 3 amide bonds. The Bertz CT molecular complexity index is 932. The maximum Gasteiger partial charge on any atom is 0.338 e. The van der Waals surface area contributed by atoms with Crippen LogP contribution in [0.5, 0.6) is 0 Å². The monoisotopic (exact) mass is 408 g/mol. The summed E-state index contributed by atoms with van der Waals surface area (Å²) >= 11 is 0. The fourth-order valence-electron chi connectivity index (χ4n) is 5.63. The van der Waals surface area contributed by atoms with E-state index in [1.165, 1.54) is 4.90 Å². The maximum absolute atomic E-state index is 13.1. The van der Waals surface area contributed by atoms with Crippen molar-refractivity contribution >= 4 is 29.4 Å². The van der Waals surface area contributed by atoms with Gasteiger partial charge in [0, 0.05) is 5.69 Å². The molecule has 2 bridgehead atoms. The number of likely N-dealkylation sites (tertiary alicyclic amines) is 1. The van der Waals surface area contributed by atoms with E-state index < -0.39 is 17.9 Å². The number of rotatable bonds is 5. The van der Waals surface area contributed by atoms with Crippen molar-refractivity contribution in [2.24, 2.45) is 35.5 Å². The third-order valence-electron chi connectivity index (χ3n) is 7.13. The van der Waals surface area contributed by atoms with Gasteiger partial charge in [0.05, 0.1) is 24.0 Å². The van der Waals surface area contributed by atoms with Crippen molar-refractivity contribution in [3.8, 4) is 0 Å². The Morgan fingerprint density at radius 3 is 2.17 bits per heavy atom. The van der Waals surface area contributed by atoms with Crippen LogP contribution in [0.3, 0.4) is 0 Å². The summed E-state index contributed by atoms with van der Waals surface area (Å²) in [5.74, 6) is -0.574. The zero-order valence-electron chi connectivity index (χ0n) is 16.9. The van der Waals surface area contributed by atoms with Crippen LogP contribution in [0, 0.1) is 35.5 Å². The molecule has 2 saturated carbocycles. The Labute approximate surface area is 174 Å². The van der Waals surface area contributed by atoms with Gasteiger partial charge in [0.25, 0.3) is 0 Å². The summed E-state index contributed by atoms with van der Waals surface area (Å²) in [7, 11) is 0. The fourth-order valence-corrected chi connectivity index (χ4v) is 5.63. The number of amides is 3. The third kappa shape index (κ3) is 2.71. The number of esters is 1. The number of ether oxygens (including phenoxy) is 1. The number of allylic oxidation sites excluding steroid dienone is 2. The van der Waals surface area contributed by atoms with Crippen LogP contribution in [0.25, 0.3) is 0 Å². The summed E-state index contributed by atoms with van der Waals surface area (Å²) in [4.78, 5) is 52.0. The van der Waals surface area contributed by atoms with E-state index in [0.717, 1.165) is 6.42 Å². The van der Waals surface area contributed by atoms with Crippen LogP contribution >= 0.6 is 0 Å². The first kappa shape index (κ1) is 19.0. The highest BCUT2D eigenvalue weighted by molar-refractivity contribution is 6.10. The number of imide groups is 1. The molecule has 7 heteroatoms. The van der Waals surface area contributed by atoms with Gasteiger partial charge in [-0.1, -0.05) is 12.2 Å². The Hall–Kier alpha value is -2.96. The van der Waals surface area contributed by atoms with Gasteiger partial charge >= 0.3 is 5.97 Å². The first-order valence-corrected chi connectivity index (χ1v) is 10.6. The normalized spacial score (nSPS) is 33.7. The highest BCUT2D eigenvalue weighted by Crippen LogP contribution is 2.65. The molecular formula is C23H24N2O5. The SMILES string of the molecule is CCOC(=O)c1ccc(NC(=O)[C@H](C)N2C(=O)[C@@H]3[C@@H]4C=C[C@H]([C@H]5C[C@H]45)[C@@H]3C2=O)cc1. The number of nitrogens with one attached hydrogen (secondary N) is 1.